The summed E-state index contributed by atoms with van der Waals surface area (Å²) in [6, 6.07) is 7.90. The van der Waals surface area contributed by atoms with Crippen molar-refractivity contribution in [2.24, 2.45) is 0 Å². The van der Waals surface area contributed by atoms with Crippen LogP contribution in [-0.4, -0.2) is 27.8 Å². The molecule has 1 aromatic heterocycles. The number of carboxylic acid groups (broad SMARTS) is 1. The van der Waals surface area contributed by atoms with Crippen molar-refractivity contribution in [2.45, 2.75) is 32.2 Å². The molecule has 1 atom stereocenters. The fraction of sp³-hybridized carbons (Fsp3) is 0.400. The van der Waals surface area contributed by atoms with Gasteiger partial charge >= 0.3 is 5.97 Å². The van der Waals surface area contributed by atoms with Gasteiger partial charge in [0.2, 0.25) is 11.8 Å². The van der Waals surface area contributed by atoms with Crippen LogP contribution in [0, 0.1) is 0 Å². The monoisotopic (exact) mass is 287 g/mol. The molecule has 6 heteroatoms. The first kappa shape index (κ1) is 13.6. The molecule has 0 bridgehead atoms. The maximum absolute atomic E-state index is 11.0. The van der Waals surface area contributed by atoms with Crippen LogP contribution in [0.15, 0.2) is 28.7 Å². The van der Waals surface area contributed by atoms with Crippen LogP contribution in [0.2, 0.25) is 0 Å². The number of aliphatic carboxylic acids is 1. The third-order valence-electron chi connectivity index (χ3n) is 3.72. The Morgan fingerprint density at radius 2 is 2.14 bits per heavy atom. The molecular formula is C15H17N3O3. The number of hydrogen-bond donors (Lipinski definition) is 1. The largest absolute Gasteiger partial charge is 0.481 e. The molecule has 1 aliphatic rings. The molecule has 0 spiro atoms. The smallest absolute Gasteiger partial charge is 0.304 e. The summed E-state index contributed by atoms with van der Waals surface area (Å²) in [5.74, 6) is 0.423. The summed E-state index contributed by atoms with van der Waals surface area (Å²) < 4.78 is 5.55. The molecule has 0 saturated heterocycles. The average Bonchev–Trinajstić information content (AvgIpc) is 3.05. The minimum atomic E-state index is -0.775. The Balaban J connectivity index is 1.82. The first-order valence-electron chi connectivity index (χ1n) is 7.04. The van der Waals surface area contributed by atoms with Gasteiger partial charge in [0, 0.05) is 24.6 Å². The minimum absolute atomic E-state index is 0.00673. The predicted molar refractivity (Wildman–Crippen MR) is 76.2 cm³/mol. The number of aromatic nitrogens is 2. The maximum Gasteiger partial charge on any atom is 0.304 e. The summed E-state index contributed by atoms with van der Waals surface area (Å²) in [5, 5.41) is 17.0. The van der Waals surface area contributed by atoms with Crippen LogP contribution >= 0.6 is 0 Å². The molecule has 2 heterocycles. The van der Waals surface area contributed by atoms with E-state index in [0.29, 0.717) is 31.3 Å². The van der Waals surface area contributed by atoms with E-state index in [2.05, 4.69) is 15.1 Å². The van der Waals surface area contributed by atoms with E-state index >= 15 is 0 Å². The number of nitrogens with zero attached hydrogens (tertiary/aromatic N) is 3. The normalized spacial score (nSPS) is 17.0. The number of rotatable bonds is 5. The van der Waals surface area contributed by atoms with Gasteiger partial charge in [0.1, 0.15) is 0 Å². The van der Waals surface area contributed by atoms with Gasteiger partial charge in [-0.3, -0.25) is 4.79 Å². The Bertz CT molecular complexity index is 653. The van der Waals surface area contributed by atoms with Gasteiger partial charge in [-0.15, -0.1) is 10.2 Å². The highest BCUT2D eigenvalue weighted by Crippen LogP contribution is 2.38. The molecule has 1 aromatic carbocycles. The summed E-state index contributed by atoms with van der Waals surface area (Å²) in [7, 11) is 0. The molecule has 21 heavy (non-hydrogen) atoms. The summed E-state index contributed by atoms with van der Waals surface area (Å²) in [5.41, 5.74) is 2.13. The van der Waals surface area contributed by atoms with Crippen LogP contribution in [-0.2, 0) is 17.8 Å². The SMILES string of the molecule is CCc1nnc(CN2CC(CC(=O)O)c3ccccc32)o1. The van der Waals surface area contributed by atoms with Crippen molar-refractivity contribution in [1.29, 1.82) is 0 Å². The number of fused-ring (bicyclic) bond motifs is 1. The van der Waals surface area contributed by atoms with E-state index < -0.39 is 5.97 Å². The van der Waals surface area contributed by atoms with Crippen LogP contribution in [0.1, 0.15) is 36.6 Å². The number of anilines is 1. The Hall–Kier alpha value is -2.37. The highest BCUT2D eigenvalue weighted by Gasteiger charge is 2.30. The van der Waals surface area contributed by atoms with Crippen molar-refractivity contribution < 1.29 is 14.3 Å². The van der Waals surface area contributed by atoms with Gasteiger partial charge in [-0.05, 0) is 11.6 Å². The number of carboxylic acids is 1. The molecule has 0 amide bonds. The van der Waals surface area contributed by atoms with Crippen LogP contribution in [0.5, 0.6) is 0 Å². The highest BCUT2D eigenvalue weighted by molar-refractivity contribution is 5.71. The fourth-order valence-electron chi connectivity index (χ4n) is 2.78. The van der Waals surface area contributed by atoms with E-state index in [9.17, 15) is 4.79 Å². The quantitative estimate of drug-likeness (QED) is 0.908. The summed E-state index contributed by atoms with van der Waals surface area (Å²) in [6.07, 6.45) is 0.850. The first-order chi connectivity index (χ1) is 10.2. The van der Waals surface area contributed by atoms with Crippen LogP contribution < -0.4 is 4.90 Å². The number of para-hydroxylation sites is 1. The van der Waals surface area contributed by atoms with Crippen LogP contribution in [0.25, 0.3) is 0 Å². The summed E-state index contributed by atoms with van der Waals surface area (Å²) >= 11 is 0. The molecule has 6 nitrogen and oxygen atoms in total. The van der Waals surface area contributed by atoms with Crippen molar-refractivity contribution in [3.63, 3.8) is 0 Å². The molecule has 1 N–H and O–H groups in total. The highest BCUT2D eigenvalue weighted by atomic mass is 16.4. The lowest BCUT2D eigenvalue weighted by Gasteiger charge is -2.17. The maximum atomic E-state index is 11.0. The van der Waals surface area contributed by atoms with Crippen molar-refractivity contribution in [3.05, 3.63) is 41.6 Å². The van der Waals surface area contributed by atoms with E-state index in [0.717, 1.165) is 11.3 Å². The molecule has 0 aliphatic carbocycles. The van der Waals surface area contributed by atoms with Gasteiger partial charge in [0.25, 0.3) is 0 Å². The summed E-state index contributed by atoms with van der Waals surface area (Å²) in [6.45, 7) is 3.14. The van der Waals surface area contributed by atoms with E-state index in [1.54, 1.807) is 0 Å². The topological polar surface area (TPSA) is 79.5 Å². The third-order valence-corrected chi connectivity index (χ3v) is 3.72. The number of carbonyl (C=O) groups is 1. The van der Waals surface area contributed by atoms with Gasteiger partial charge in [-0.1, -0.05) is 25.1 Å². The number of aryl methyl sites for hydroxylation is 1. The molecule has 110 valence electrons. The standard InChI is InChI=1S/C15H17N3O3/c1-2-13-16-17-14(21-13)9-18-8-10(7-15(19)20)11-5-3-4-6-12(11)18/h3-6,10H,2,7-9H2,1H3,(H,19,20). The third kappa shape index (κ3) is 2.74. The van der Waals surface area contributed by atoms with Crippen LogP contribution in [0.3, 0.4) is 0 Å². The van der Waals surface area contributed by atoms with Crippen molar-refractivity contribution in [3.8, 4) is 0 Å². The predicted octanol–water partition coefficient (Wildman–Crippen LogP) is 2.21. The molecule has 2 aromatic rings. The minimum Gasteiger partial charge on any atom is -0.481 e. The van der Waals surface area contributed by atoms with Gasteiger partial charge in [0.15, 0.2) is 0 Å². The number of benzene rings is 1. The van der Waals surface area contributed by atoms with E-state index in [4.69, 9.17) is 9.52 Å². The average molecular weight is 287 g/mol. The number of hydrogen-bond acceptors (Lipinski definition) is 5. The molecule has 1 unspecified atom stereocenters. The second kappa shape index (κ2) is 5.55. The van der Waals surface area contributed by atoms with Gasteiger partial charge < -0.3 is 14.4 Å². The molecule has 3 rings (SSSR count). The lowest BCUT2D eigenvalue weighted by Crippen LogP contribution is -2.22. The zero-order valence-electron chi connectivity index (χ0n) is 11.8. The van der Waals surface area contributed by atoms with Gasteiger partial charge in [0.05, 0.1) is 13.0 Å². The second-order valence-electron chi connectivity index (χ2n) is 5.18. The zero-order valence-corrected chi connectivity index (χ0v) is 11.8. The Morgan fingerprint density at radius 3 is 2.86 bits per heavy atom. The second-order valence-corrected chi connectivity index (χ2v) is 5.18. The van der Waals surface area contributed by atoms with Crippen molar-refractivity contribution >= 4 is 11.7 Å². The molecule has 0 radical (unpaired) electrons. The Morgan fingerprint density at radius 1 is 1.38 bits per heavy atom. The van der Waals surface area contributed by atoms with Gasteiger partial charge in [-0.25, -0.2) is 0 Å². The van der Waals surface area contributed by atoms with E-state index in [-0.39, 0.29) is 12.3 Å². The van der Waals surface area contributed by atoms with E-state index in [1.165, 1.54) is 0 Å². The lowest BCUT2D eigenvalue weighted by molar-refractivity contribution is -0.137. The zero-order chi connectivity index (χ0) is 14.8. The van der Waals surface area contributed by atoms with Gasteiger partial charge in [-0.2, -0.15) is 0 Å². The lowest BCUT2D eigenvalue weighted by atomic mass is 9.98. The molecule has 0 fully saturated rings. The van der Waals surface area contributed by atoms with E-state index in [1.807, 2.05) is 31.2 Å². The molecule has 0 saturated carbocycles. The Labute approximate surface area is 122 Å². The first-order valence-corrected chi connectivity index (χ1v) is 7.04. The summed E-state index contributed by atoms with van der Waals surface area (Å²) in [4.78, 5) is 13.1. The Kier molecular flexibility index (Phi) is 3.60. The fourth-order valence-corrected chi connectivity index (χ4v) is 2.78. The molecular weight excluding hydrogens is 270 g/mol. The van der Waals surface area contributed by atoms with Crippen LogP contribution in [0.4, 0.5) is 5.69 Å². The molecule has 1 aliphatic heterocycles. The van der Waals surface area contributed by atoms with Crippen molar-refractivity contribution in [2.75, 3.05) is 11.4 Å². The van der Waals surface area contributed by atoms with Crippen molar-refractivity contribution in [1.82, 2.24) is 10.2 Å².